The van der Waals surface area contributed by atoms with Crippen LogP contribution < -0.4 is 5.01 Å². The Morgan fingerprint density at radius 2 is 1.15 bits per heavy atom. The molecular formula is C30H27N3O4S2. The van der Waals surface area contributed by atoms with Crippen molar-refractivity contribution in [2.45, 2.75) is 44.2 Å². The zero-order chi connectivity index (χ0) is 26.6. The topological polar surface area (TPSA) is 96.2 Å². The van der Waals surface area contributed by atoms with Crippen LogP contribution in [0.3, 0.4) is 0 Å². The van der Waals surface area contributed by atoms with E-state index >= 15 is 0 Å². The molecule has 0 spiro atoms. The van der Waals surface area contributed by atoms with Gasteiger partial charge < -0.3 is 0 Å². The summed E-state index contributed by atoms with van der Waals surface area (Å²) < 4.78 is 58.1. The van der Waals surface area contributed by atoms with Crippen LogP contribution in [0.2, 0.25) is 0 Å². The number of anilines is 1. The summed E-state index contributed by atoms with van der Waals surface area (Å²) in [7, 11) is -8.05. The second kappa shape index (κ2) is 7.67. The highest BCUT2D eigenvalue weighted by atomic mass is 32.2. The number of para-hydroxylation sites is 1. The minimum atomic E-state index is -4.03. The van der Waals surface area contributed by atoms with Gasteiger partial charge in [0.05, 0.1) is 26.0 Å². The van der Waals surface area contributed by atoms with Gasteiger partial charge in [0.25, 0.3) is 0 Å². The van der Waals surface area contributed by atoms with Crippen molar-refractivity contribution in [2.24, 2.45) is 34.0 Å². The van der Waals surface area contributed by atoms with Crippen molar-refractivity contribution in [2.75, 3.05) is 5.01 Å². The number of sulfone groups is 2. The average molecular weight is 558 g/mol. The largest absolute Gasteiger partial charge is 0.238 e. The Morgan fingerprint density at radius 1 is 0.641 bits per heavy atom. The van der Waals surface area contributed by atoms with Crippen LogP contribution in [0.5, 0.6) is 0 Å². The van der Waals surface area contributed by atoms with Crippen LogP contribution in [0.15, 0.2) is 123 Å². The van der Waals surface area contributed by atoms with Crippen molar-refractivity contribution < 1.29 is 16.8 Å². The van der Waals surface area contributed by atoms with E-state index in [1.807, 2.05) is 35.3 Å². The van der Waals surface area contributed by atoms with Crippen LogP contribution in [-0.2, 0) is 19.7 Å². The molecule has 3 aromatic carbocycles. The van der Waals surface area contributed by atoms with E-state index in [0.717, 1.165) is 12.1 Å². The summed E-state index contributed by atoms with van der Waals surface area (Å²) in [4.78, 5) is 0.320. The molecule has 4 aliphatic carbocycles. The molecule has 3 aromatic rings. The molecule has 0 saturated heterocycles. The molecule has 39 heavy (non-hydrogen) atoms. The van der Waals surface area contributed by atoms with Crippen LogP contribution in [0, 0.1) is 23.7 Å². The summed E-state index contributed by atoms with van der Waals surface area (Å²) in [5.41, 5.74) is -0.662. The van der Waals surface area contributed by atoms with E-state index in [0.29, 0.717) is 6.42 Å². The number of fused-ring (bicyclic) bond motifs is 4. The van der Waals surface area contributed by atoms with Crippen molar-refractivity contribution in [3.63, 3.8) is 0 Å². The fourth-order valence-electron chi connectivity index (χ4n) is 9.01. The molecule has 0 unspecified atom stereocenters. The summed E-state index contributed by atoms with van der Waals surface area (Å²) >= 11 is 0. The molecule has 4 bridgehead atoms. The van der Waals surface area contributed by atoms with Gasteiger partial charge in [0, 0.05) is 23.7 Å². The van der Waals surface area contributed by atoms with E-state index in [1.165, 1.54) is 0 Å². The Labute approximate surface area is 228 Å². The van der Waals surface area contributed by atoms with Gasteiger partial charge in [-0.05, 0) is 49.2 Å². The van der Waals surface area contributed by atoms with Crippen LogP contribution in [0.25, 0.3) is 0 Å². The minimum Gasteiger partial charge on any atom is -0.238 e. The monoisotopic (exact) mass is 557 g/mol. The second-order valence-corrected chi connectivity index (χ2v) is 15.6. The summed E-state index contributed by atoms with van der Waals surface area (Å²) in [6, 6.07) is 26.4. The molecule has 0 amide bonds. The lowest BCUT2D eigenvalue weighted by Crippen LogP contribution is -2.71. The van der Waals surface area contributed by atoms with E-state index < -0.39 is 53.1 Å². The molecule has 1 aliphatic heterocycles. The zero-order valence-electron chi connectivity index (χ0n) is 21.0. The average Bonchev–Trinajstić information content (AvgIpc) is 3.76. The maximum atomic E-state index is 14.6. The van der Waals surface area contributed by atoms with Gasteiger partial charge in [-0.3, -0.25) is 0 Å². The molecule has 198 valence electrons. The van der Waals surface area contributed by atoms with Crippen LogP contribution in [0.4, 0.5) is 5.69 Å². The summed E-state index contributed by atoms with van der Waals surface area (Å²) in [6.07, 6.45) is 5.67. The highest BCUT2D eigenvalue weighted by molar-refractivity contribution is 7.96. The maximum Gasteiger partial charge on any atom is 0.182 e. The molecular weight excluding hydrogens is 530 g/mol. The first-order chi connectivity index (χ1) is 18.8. The predicted octanol–water partition coefficient (Wildman–Crippen LogP) is 4.89. The van der Waals surface area contributed by atoms with Crippen molar-refractivity contribution >= 4 is 25.4 Å². The smallest absolute Gasteiger partial charge is 0.182 e. The van der Waals surface area contributed by atoms with Crippen molar-refractivity contribution in [3.8, 4) is 0 Å². The van der Waals surface area contributed by atoms with E-state index in [1.54, 1.807) is 60.7 Å². The van der Waals surface area contributed by atoms with Crippen LogP contribution in [-0.4, -0.2) is 38.4 Å². The van der Waals surface area contributed by atoms with Crippen LogP contribution in [0.1, 0.15) is 12.8 Å². The first-order valence-electron chi connectivity index (χ1n) is 13.4. The third-order valence-electron chi connectivity index (χ3n) is 10.1. The summed E-state index contributed by atoms with van der Waals surface area (Å²) in [5, 5.41) is 9.46. The Bertz CT molecular complexity index is 1750. The van der Waals surface area contributed by atoms with E-state index in [9.17, 15) is 16.8 Å². The van der Waals surface area contributed by atoms with Gasteiger partial charge in [-0.15, -0.1) is 0 Å². The lowest BCUT2D eigenvalue weighted by atomic mass is 9.61. The number of hydrogen-bond acceptors (Lipinski definition) is 7. The van der Waals surface area contributed by atoms with Gasteiger partial charge in [0.1, 0.15) is 11.1 Å². The molecule has 8 rings (SSSR count). The summed E-state index contributed by atoms with van der Waals surface area (Å²) in [5.74, 6) is -0.898. The van der Waals surface area contributed by atoms with Crippen molar-refractivity contribution in [3.05, 3.63) is 103 Å². The van der Waals surface area contributed by atoms with Gasteiger partial charge in [-0.1, -0.05) is 72.0 Å². The lowest BCUT2D eigenvalue weighted by molar-refractivity contribution is 0.144. The third-order valence-corrected chi connectivity index (χ3v) is 14.8. The molecule has 0 radical (unpaired) electrons. The Hall–Kier alpha value is -3.30. The van der Waals surface area contributed by atoms with Crippen molar-refractivity contribution in [1.29, 1.82) is 0 Å². The number of nitrogens with zero attached hydrogens (tertiary/aromatic N) is 3. The molecule has 3 fully saturated rings. The van der Waals surface area contributed by atoms with Gasteiger partial charge >= 0.3 is 0 Å². The summed E-state index contributed by atoms with van der Waals surface area (Å²) in [6.45, 7) is 0. The number of hydrogen-bond donors (Lipinski definition) is 0. The standard InChI is InChI=1S/C30H27N3O4S2/c34-38(35,23-12-6-2-7-13-23)27-25-19-26(28(27)39(36,37)24-14-8-3-9-15-24)30-21-17-16-20(18-21)29(25,30)31-32-33(30)22-10-4-1-5-11-22/h1-17,20-21,25-28H,18-19H2/t20-,21-,25+,26-,27+,28-,29-,30+/m0/s1. The highest BCUT2D eigenvalue weighted by Gasteiger charge is 2.87. The van der Waals surface area contributed by atoms with Gasteiger partial charge in [0.15, 0.2) is 19.7 Å². The van der Waals surface area contributed by atoms with Gasteiger partial charge in [0.2, 0.25) is 0 Å². The van der Waals surface area contributed by atoms with Crippen LogP contribution >= 0.6 is 0 Å². The molecule has 1 heterocycles. The van der Waals surface area contributed by atoms with Gasteiger partial charge in [-0.25, -0.2) is 21.8 Å². The third kappa shape index (κ3) is 2.63. The predicted molar refractivity (Wildman–Crippen MR) is 146 cm³/mol. The Kier molecular flexibility index (Phi) is 4.63. The molecule has 7 nitrogen and oxygen atoms in total. The number of rotatable bonds is 5. The van der Waals surface area contributed by atoms with E-state index in [4.69, 9.17) is 10.3 Å². The SMILES string of the molecule is O=S(=O)(c1ccccc1)[C@@H]1[C@H](S(=O)(=O)c2ccccc2)[C@H]2C[C@@H]1[C@]13[C@H]4C=C[C@@H](C4)[C@]21N=NN3c1ccccc1. The normalized spacial score (nSPS) is 37.4. The molecule has 0 aromatic heterocycles. The molecule has 8 atom stereocenters. The quantitative estimate of drug-likeness (QED) is 0.416. The molecule has 0 N–H and O–H groups in total. The Balaban J connectivity index is 1.39. The van der Waals surface area contributed by atoms with E-state index in [-0.39, 0.29) is 21.6 Å². The van der Waals surface area contributed by atoms with Crippen molar-refractivity contribution in [1.82, 2.24) is 0 Å². The minimum absolute atomic E-state index is 0.0174. The number of benzene rings is 3. The van der Waals surface area contributed by atoms with Gasteiger partial charge in [-0.2, -0.15) is 5.11 Å². The first kappa shape index (κ1) is 23.6. The first-order valence-corrected chi connectivity index (χ1v) is 16.5. The second-order valence-electron chi connectivity index (χ2n) is 11.4. The zero-order valence-corrected chi connectivity index (χ0v) is 22.6. The lowest BCUT2D eigenvalue weighted by Gasteiger charge is -2.54. The molecule has 9 heteroatoms. The highest BCUT2D eigenvalue weighted by Crippen LogP contribution is 2.77. The molecule has 5 aliphatic rings. The fraction of sp³-hybridized carbons (Fsp3) is 0.333. The maximum absolute atomic E-state index is 14.6. The Morgan fingerprint density at radius 3 is 1.74 bits per heavy atom. The molecule has 3 saturated carbocycles. The fourth-order valence-corrected chi connectivity index (χ4v) is 14.2. The van der Waals surface area contributed by atoms with E-state index in [2.05, 4.69) is 12.2 Å².